The monoisotopic (exact) mass is 375 g/mol. The fourth-order valence-electron chi connectivity index (χ4n) is 2.66. The first kappa shape index (κ1) is 19.9. The molecule has 0 spiro atoms. The minimum absolute atomic E-state index is 0.0929. The highest BCUT2D eigenvalue weighted by Crippen LogP contribution is 2.24. The van der Waals surface area contributed by atoms with E-state index in [0.29, 0.717) is 41.3 Å². The van der Waals surface area contributed by atoms with E-state index in [4.69, 9.17) is 0 Å². The van der Waals surface area contributed by atoms with Crippen molar-refractivity contribution >= 4 is 34.7 Å². The first-order valence-electron chi connectivity index (χ1n) is 8.61. The lowest BCUT2D eigenvalue weighted by molar-refractivity contribution is 0.0696. The molecular formula is C19H25N3O3S. The molecule has 2 aromatic rings. The molecule has 2 aromatic heterocycles. The van der Waals surface area contributed by atoms with E-state index < -0.39 is 5.97 Å². The van der Waals surface area contributed by atoms with E-state index >= 15 is 0 Å². The van der Waals surface area contributed by atoms with Crippen LogP contribution in [-0.2, 0) is 0 Å². The van der Waals surface area contributed by atoms with Crippen LogP contribution in [0.4, 0.5) is 11.5 Å². The molecule has 2 N–H and O–H groups in total. The SMILES string of the molecule is CC(C)CN(CC(C)C)c1ncc(NC(=O)c2cccs2)cc1C(=O)O. The number of thiophene rings is 1. The van der Waals surface area contributed by atoms with Gasteiger partial charge in [0.15, 0.2) is 0 Å². The molecule has 2 rings (SSSR count). The molecule has 0 aliphatic heterocycles. The summed E-state index contributed by atoms with van der Waals surface area (Å²) in [5.74, 6) is -0.149. The van der Waals surface area contributed by atoms with Crippen molar-refractivity contribution < 1.29 is 14.7 Å². The second-order valence-corrected chi connectivity index (χ2v) is 7.97. The maximum atomic E-state index is 12.2. The van der Waals surface area contributed by atoms with Gasteiger partial charge in [-0.15, -0.1) is 11.3 Å². The second kappa shape index (κ2) is 8.80. The molecule has 0 aliphatic carbocycles. The van der Waals surface area contributed by atoms with Crippen LogP contribution in [-0.4, -0.2) is 35.1 Å². The summed E-state index contributed by atoms with van der Waals surface area (Å²) in [6, 6.07) is 4.98. The zero-order valence-corrected chi connectivity index (χ0v) is 16.3. The number of hydrogen-bond donors (Lipinski definition) is 2. The van der Waals surface area contributed by atoms with Gasteiger partial charge in [0.25, 0.3) is 5.91 Å². The molecule has 0 aromatic carbocycles. The molecule has 0 saturated heterocycles. The van der Waals surface area contributed by atoms with Gasteiger partial charge in [-0.05, 0) is 29.3 Å². The number of nitrogens with one attached hydrogen (secondary N) is 1. The van der Waals surface area contributed by atoms with Crippen LogP contribution < -0.4 is 10.2 Å². The van der Waals surface area contributed by atoms with Gasteiger partial charge >= 0.3 is 5.97 Å². The summed E-state index contributed by atoms with van der Waals surface area (Å²) in [6.07, 6.45) is 1.51. The third kappa shape index (κ3) is 5.29. The number of nitrogens with zero attached hydrogens (tertiary/aromatic N) is 2. The quantitative estimate of drug-likeness (QED) is 0.722. The van der Waals surface area contributed by atoms with Crippen molar-refractivity contribution in [3.8, 4) is 0 Å². The van der Waals surface area contributed by atoms with Gasteiger partial charge in [-0.1, -0.05) is 33.8 Å². The Morgan fingerprint density at radius 2 is 1.88 bits per heavy atom. The van der Waals surface area contributed by atoms with Crippen LogP contribution in [0, 0.1) is 11.8 Å². The summed E-state index contributed by atoms with van der Waals surface area (Å²) in [4.78, 5) is 30.9. The van der Waals surface area contributed by atoms with E-state index in [9.17, 15) is 14.7 Å². The average Bonchev–Trinajstić information content (AvgIpc) is 3.07. The molecule has 2 heterocycles. The number of carbonyl (C=O) groups is 2. The van der Waals surface area contributed by atoms with Gasteiger partial charge in [-0.2, -0.15) is 0 Å². The number of anilines is 2. The standard InChI is InChI=1S/C19H25N3O3S/c1-12(2)10-22(11-13(3)4)17-15(19(24)25)8-14(9-20-17)21-18(23)16-6-5-7-26-16/h5-9,12-13H,10-11H2,1-4H3,(H,21,23)(H,24,25). The Labute approximate surface area is 157 Å². The van der Waals surface area contributed by atoms with Crippen molar-refractivity contribution in [2.24, 2.45) is 11.8 Å². The Morgan fingerprint density at radius 3 is 2.38 bits per heavy atom. The largest absolute Gasteiger partial charge is 0.478 e. The highest BCUT2D eigenvalue weighted by Gasteiger charge is 2.21. The van der Waals surface area contributed by atoms with Crippen molar-refractivity contribution in [3.05, 3.63) is 40.2 Å². The molecule has 0 saturated carbocycles. The van der Waals surface area contributed by atoms with Gasteiger partial charge in [0.05, 0.1) is 16.8 Å². The van der Waals surface area contributed by atoms with Gasteiger partial charge in [0.2, 0.25) is 0 Å². The number of carboxylic acids is 1. The van der Waals surface area contributed by atoms with Crippen LogP contribution in [0.15, 0.2) is 29.8 Å². The fourth-order valence-corrected chi connectivity index (χ4v) is 3.28. The lowest BCUT2D eigenvalue weighted by Gasteiger charge is -2.28. The molecule has 0 bridgehead atoms. The van der Waals surface area contributed by atoms with Crippen molar-refractivity contribution in [1.82, 2.24) is 4.98 Å². The van der Waals surface area contributed by atoms with Crippen LogP contribution in [0.3, 0.4) is 0 Å². The lowest BCUT2D eigenvalue weighted by atomic mass is 10.1. The van der Waals surface area contributed by atoms with Gasteiger partial charge in [0, 0.05) is 13.1 Å². The summed E-state index contributed by atoms with van der Waals surface area (Å²) in [6.45, 7) is 9.78. The van der Waals surface area contributed by atoms with Crippen LogP contribution in [0.25, 0.3) is 0 Å². The van der Waals surface area contributed by atoms with Crippen molar-refractivity contribution in [2.45, 2.75) is 27.7 Å². The van der Waals surface area contributed by atoms with Crippen LogP contribution in [0.2, 0.25) is 0 Å². The highest BCUT2D eigenvalue weighted by atomic mass is 32.1. The minimum Gasteiger partial charge on any atom is -0.478 e. The number of carbonyl (C=O) groups excluding carboxylic acids is 1. The number of carboxylic acid groups (broad SMARTS) is 1. The van der Waals surface area contributed by atoms with Crippen LogP contribution in [0.1, 0.15) is 47.7 Å². The van der Waals surface area contributed by atoms with Crippen LogP contribution in [0.5, 0.6) is 0 Å². The van der Waals surface area contributed by atoms with E-state index in [1.54, 1.807) is 12.1 Å². The molecule has 140 valence electrons. The summed E-state index contributed by atoms with van der Waals surface area (Å²) < 4.78 is 0. The summed E-state index contributed by atoms with van der Waals surface area (Å²) in [5.41, 5.74) is 0.467. The number of hydrogen-bond acceptors (Lipinski definition) is 5. The number of rotatable bonds is 8. The number of aromatic nitrogens is 1. The van der Waals surface area contributed by atoms with E-state index in [1.165, 1.54) is 23.6 Å². The number of amides is 1. The molecule has 0 unspecified atom stereocenters. The fraction of sp³-hybridized carbons (Fsp3) is 0.421. The van der Waals surface area contributed by atoms with E-state index in [0.717, 1.165) is 0 Å². The van der Waals surface area contributed by atoms with Gasteiger partial charge < -0.3 is 15.3 Å². The predicted octanol–water partition coefficient (Wildman–Crippen LogP) is 4.21. The molecule has 0 atom stereocenters. The van der Waals surface area contributed by atoms with Gasteiger partial charge in [-0.3, -0.25) is 4.79 Å². The number of pyridine rings is 1. The summed E-state index contributed by atoms with van der Waals surface area (Å²) in [5, 5.41) is 14.2. The second-order valence-electron chi connectivity index (χ2n) is 7.02. The van der Waals surface area contributed by atoms with Crippen molar-refractivity contribution in [2.75, 3.05) is 23.3 Å². The van der Waals surface area contributed by atoms with E-state index in [2.05, 4.69) is 38.0 Å². The Morgan fingerprint density at radius 1 is 1.23 bits per heavy atom. The molecule has 7 heteroatoms. The molecule has 0 fully saturated rings. The van der Waals surface area contributed by atoms with E-state index in [1.807, 2.05) is 10.3 Å². The highest BCUT2D eigenvalue weighted by molar-refractivity contribution is 7.12. The molecular weight excluding hydrogens is 350 g/mol. The summed E-state index contributed by atoms with van der Waals surface area (Å²) >= 11 is 1.33. The van der Waals surface area contributed by atoms with E-state index in [-0.39, 0.29) is 11.5 Å². The lowest BCUT2D eigenvalue weighted by Crippen LogP contribution is -2.33. The molecule has 0 radical (unpaired) electrons. The predicted molar refractivity (Wildman–Crippen MR) is 105 cm³/mol. The first-order chi connectivity index (χ1) is 12.3. The van der Waals surface area contributed by atoms with Gasteiger partial charge in [0.1, 0.15) is 11.4 Å². The Balaban J connectivity index is 2.32. The maximum Gasteiger partial charge on any atom is 0.339 e. The summed E-state index contributed by atoms with van der Waals surface area (Å²) in [7, 11) is 0. The van der Waals surface area contributed by atoms with Crippen molar-refractivity contribution in [3.63, 3.8) is 0 Å². The average molecular weight is 375 g/mol. The van der Waals surface area contributed by atoms with Crippen molar-refractivity contribution in [1.29, 1.82) is 0 Å². The zero-order valence-electron chi connectivity index (χ0n) is 15.5. The first-order valence-corrected chi connectivity index (χ1v) is 9.49. The smallest absolute Gasteiger partial charge is 0.339 e. The number of aromatic carboxylic acids is 1. The third-order valence-corrected chi connectivity index (χ3v) is 4.44. The molecule has 26 heavy (non-hydrogen) atoms. The Bertz CT molecular complexity index is 747. The Kier molecular flexibility index (Phi) is 6.74. The molecule has 1 amide bonds. The van der Waals surface area contributed by atoms with Gasteiger partial charge in [-0.25, -0.2) is 9.78 Å². The molecule has 6 nitrogen and oxygen atoms in total. The minimum atomic E-state index is -1.06. The molecule has 0 aliphatic rings. The normalized spacial score (nSPS) is 11.0. The third-order valence-electron chi connectivity index (χ3n) is 3.57. The van der Waals surface area contributed by atoms with Crippen LogP contribution >= 0.6 is 11.3 Å². The Hall–Kier alpha value is -2.41. The topological polar surface area (TPSA) is 82.5 Å². The zero-order chi connectivity index (χ0) is 19.3. The maximum absolute atomic E-state index is 12.2.